The number of aryl methyl sites for hydroxylation is 2. The lowest BCUT2D eigenvalue weighted by Crippen LogP contribution is -2.22. The molecule has 4 heterocycles. The summed E-state index contributed by atoms with van der Waals surface area (Å²) in [5, 5.41) is 8.39. The molecule has 1 aliphatic rings. The first-order valence-electron chi connectivity index (χ1n) is 13.6. The standard InChI is InChI=1S/C30H30ClN7O2/c1-3-38-28-22(16-25(29(38)39)24-11-8-21(17-26(24)31)27-33-19(2)40-36-27)18-32-30(35-28)34-23-9-6-20(7-10-23)12-15-37-13-4-5-14-37/h6-11,16-18H,3-5,12-15H2,1-2H3,(H,32,34,35). The third-order valence-electron chi connectivity index (χ3n) is 7.31. The molecule has 9 nitrogen and oxygen atoms in total. The maximum Gasteiger partial charge on any atom is 0.260 e. The molecule has 10 heteroatoms. The van der Waals surface area contributed by atoms with Crippen LogP contribution in [0, 0.1) is 6.92 Å². The lowest BCUT2D eigenvalue weighted by Gasteiger charge is -2.14. The molecule has 5 aromatic rings. The first-order valence-corrected chi connectivity index (χ1v) is 14.0. The van der Waals surface area contributed by atoms with E-state index in [2.05, 4.69) is 37.5 Å². The normalized spacial score (nSPS) is 13.8. The Morgan fingerprint density at radius 2 is 1.82 bits per heavy atom. The molecule has 0 saturated carbocycles. The van der Waals surface area contributed by atoms with Crippen molar-refractivity contribution in [3.63, 3.8) is 0 Å². The average molecular weight is 556 g/mol. The van der Waals surface area contributed by atoms with Gasteiger partial charge in [-0.05, 0) is 69.1 Å². The third kappa shape index (κ3) is 5.35. The number of nitrogens with zero attached hydrogens (tertiary/aromatic N) is 6. The zero-order valence-electron chi connectivity index (χ0n) is 22.5. The summed E-state index contributed by atoms with van der Waals surface area (Å²) in [4.78, 5) is 29.6. The Morgan fingerprint density at radius 1 is 1.02 bits per heavy atom. The Labute approximate surface area is 236 Å². The lowest BCUT2D eigenvalue weighted by molar-refractivity contribution is 0.343. The van der Waals surface area contributed by atoms with E-state index in [1.54, 1.807) is 35.9 Å². The van der Waals surface area contributed by atoms with Gasteiger partial charge in [-0.25, -0.2) is 4.98 Å². The Bertz CT molecular complexity index is 1720. The van der Waals surface area contributed by atoms with E-state index in [4.69, 9.17) is 21.1 Å². The third-order valence-corrected chi connectivity index (χ3v) is 7.63. The van der Waals surface area contributed by atoms with Crippen molar-refractivity contribution in [1.82, 2.24) is 29.6 Å². The number of anilines is 2. The molecule has 40 heavy (non-hydrogen) atoms. The van der Waals surface area contributed by atoms with Gasteiger partial charge in [-0.3, -0.25) is 9.36 Å². The number of hydrogen-bond acceptors (Lipinski definition) is 8. The van der Waals surface area contributed by atoms with Crippen molar-refractivity contribution >= 4 is 34.3 Å². The minimum absolute atomic E-state index is 0.174. The number of pyridine rings is 1. The zero-order valence-corrected chi connectivity index (χ0v) is 23.3. The summed E-state index contributed by atoms with van der Waals surface area (Å²) in [6.07, 6.45) is 5.39. The Hall–Kier alpha value is -4.08. The van der Waals surface area contributed by atoms with Crippen molar-refractivity contribution < 1.29 is 4.52 Å². The molecule has 0 atom stereocenters. The molecule has 1 N–H and O–H groups in total. The molecule has 204 valence electrons. The smallest absolute Gasteiger partial charge is 0.260 e. The SMILES string of the molecule is CCn1c(=O)c(-c2ccc(-c3noc(C)n3)cc2Cl)cc2cnc(Nc3ccc(CCN4CCCC4)cc3)nc21. The first-order chi connectivity index (χ1) is 19.5. The number of rotatable bonds is 8. The van der Waals surface area contributed by atoms with Crippen LogP contribution in [0.1, 0.15) is 31.2 Å². The molecule has 1 saturated heterocycles. The van der Waals surface area contributed by atoms with Crippen LogP contribution in [0.25, 0.3) is 33.5 Å². The van der Waals surface area contributed by atoms with Gasteiger partial charge in [0.15, 0.2) is 0 Å². The summed E-state index contributed by atoms with van der Waals surface area (Å²) in [5.41, 5.74) is 4.40. The average Bonchev–Trinajstić information content (AvgIpc) is 3.65. The first kappa shape index (κ1) is 26.2. The zero-order chi connectivity index (χ0) is 27.6. The van der Waals surface area contributed by atoms with Crippen molar-refractivity contribution in [2.75, 3.05) is 25.0 Å². The van der Waals surface area contributed by atoms with Crippen LogP contribution in [-0.4, -0.2) is 49.2 Å². The second-order valence-electron chi connectivity index (χ2n) is 10.0. The minimum Gasteiger partial charge on any atom is -0.339 e. The number of likely N-dealkylation sites (tertiary alicyclic amines) is 1. The topological polar surface area (TPSA) is 102 Å². The summed E-state index contributed by atoms with van der Waals surface area (Å²) < 4.78 is 6.72. The molecule has 6 rings (SSSR count). The number of halogens is 1. The summed E-state index contributed by atoms with van der Waals surface area (Å²) in [6.45, 7) is 7.62. The van der Waals surface area contributed by atoms with Crippen LogP contribution in [0.5, 0.6) is 0 Å². The molecule has 0 spiro atoms. The van der Waals surface area contributed by atoms with E-state index >= 15 is 0 Å². The predicted octanol–water partition coefficient (Wildman–Crippen LogP) is 5.87. The minimum atomic E-state index is -0.174. The lowest BCUT2D eigenvalue weighted by atomic mass is 10.0. The highest BCUT2D eigenvalue weighted by Gasteiger charge is 2.17. The van der Waals surface area contributed by atoms with Gasteiger partial charge in [0.05, 0.1) is 0 Å². The summed E-state index contributed by atoms with van der Waals surface area (Å²) in [6, 6.07) is 15.5. The van der Waals surface area contributed by atoms with Crippen LogP contribution >= 0.6 is 11.6 Å². The number of nitrogens with one attached hydrogen (secondary N) is 1. The van der Waals surface area contributed by atoms with E-state index in [-0.39, 0.29) is 5.56 Å². The molecule has 0 radical (unpaired) electrons. The van der Waals surface area contributed by atoms with Gasteiger partial charge >= 0.3 is 0 Å². The van der Waals surface area contributed by atoms with Gasteiger partial charge in [0.25, 0.3) is 5.56 Å². The molecule has 0 bridgehead atoms. The fourth-order valence-corrected chi connectivity index (χ4v) is 5.45. The van der Waals surface area contributed by atoms with Gasteiger partial charge in [-0.15, -0.1) is 0 Å². The molecule has 0 amide bonds. The van der Waals surface area contributed by atoms with Crippen molar-refractivity contribution in [1.29, 1.82) is 0 Å². The van der Waals surface area contributed by atoms with E-state index in [0.29, 0.717) is 51.6 Å². The second kappa shape index (κ2) is 11.2. The fraction of sp³-hybridized carbons (Fsp3) is 0.300. The number of benzene rings is 2. The van der Waals surface area contributed by atoms with Crippen LogP contribution in [0.4, 0.5) is 11.6 Å². The highest BCUT2D eigenvalue weighted by Crippen LogP contribution is 2.31. The van der Waals surface area contributed by atoms with E-state index in [1.165, 1.54) is 31.5 Å². The van der Waals surface area contributed by atoms with Crippen LogP contribution in [0.2, 0.25) is 5.02 Å². The van der Waals surface area contributed by atoms with Gasteiger partial charge < -0.3 is 14.7 Å². The van der Waals surface area contributed by atoms with Gasteiger partial charge in [-0.1, -0.05) is 41.0 Å². The molecule has 1 fully saturated rings. The Morgan fingerprint density at radius 3 is 2.52 bits per heavy atom. The van der Waals surface area contributed by atoms with E-state index in [0.717, 1.165) is 24.0 Å². The maximum atomic E-state index is 13.6. The molecule has 2 aromatic carbocycles. The predicted molar refractivity (Wildman–Crippen MR) is 157 cm³/mol. The van der Waals surface area contributed by atoms with Crippen LogP contribution in [-0.2, 0) is 13.0 Å². The number of aromatic nitrogens is 5. The van der Waals surface area contributed by atoms with Crippen LogP contribution in [0.15, 0.2) is 64.0 Å². The summed E-state index contributed by atoms with van der Waals surface area (Å²) in [5.74, 6) is 1.35. The largest absolute Gasteiger partial charge is 0.339 e. The van der Waals surface area contributed by atoms with Crippen LogP contribution < -0.4 is 10.9 Å². The van der Waals surface area contributed by atoms with Crippen molar-refractivity contribution in [3.8, 4) is 22.5 Å². The highest BCUT2D eigenvalue weighted by atomic mass is 35.5. The molecular weight excluding hydrogens is 526 g/mol. The monoisotopic (exact) mass is 555 g/mol. The van der Waals surface area contributed by atoms with Crippen molar-refractivity contribution in [2.24, 2.45) is 0 Å². The summed E-state index contributed by atoms with van der Waals surface area (Å²) in [7, 11) is 0. The van der Waals surface area contributed by atoms with Crippen molar-refractivity contribution in [2.45, 2.75) is 39.7 Å². The van der Waals surface area contributed by atoms with Gasteiger partial charge in [0.2, 0.25) is 17.7 Å². The molecule has 0 aliphatic carbocycles. The quantitative estimate of drug-likeness (QED) is 0.253. The maximum absolute atomic E-state index is 13.6. The van der Waals surface area contributed by atoms with Gasteiger partial charge in [0.1, 0.15) is 5.65 Å². The van der Waals surface area contributed by atoms with E-state index in [1.807, 2.05) is 25.1 Å². The molecule has 0 unspecified atom stereocenters. The van der Waals surface area contributed by atoms with E-state index in [9.17, 15) is 4.79 Å². The highest BCUT2D eigenvalue weighted by molar-refractivity contribution is 6.33. The Balaban J connectivity index is 1.25. The van der Waals surface area contributed by atoms with Crippen molar-refractivity contribution in [3.05, 3.63) is 81.6 Å². The Kier molecular flexibility index (Phi) is 7.32. The number of fused-ring (bicyclic) bond motifs is 1. The fourth-order valence-electron chi connectivity index (χ4n) is 5.17. The second-order valence-corrected chi connectivity index (χ2v) is 10.4. The molecular formula is C30H30ClN7O2. The molecule has 1 aliphatic heterocycles. The number of hydrogen-bond donors (Lipinski definition) is 1. The van der Waals surface area contributed by atoms with E-state index < -0.39 is 0 Å². The van der Waals surface area contributed by atoms with Gasteiger partial charge in [-0.2, -0.15) is 9.97 Å². The summed E-state index contributed by atoms with van der Waals surface area (Å²) >= 11 is 6.64. The van der Waals surface area contributed by atoms with Gasteiger partial charge in [0, 0.05) is 59.0 Å². The van der Waals surface area contributed by atoms with Crippen LogP contribution in [0.3, 0.4) is 0 Å². The molecule has 3 aromatic heterocycles.